The average molecular weight is 618 g/mol. The number of amides is 2. The first-order valence-electron chi connectivity index (χ1n) is 12.6. The molecule has 0 bridgehead atoms. The van der Waals surface area contributed by atoms with Gasteiger partial charge in [0, 0.05) is 49.0 Å². The molecule has 0 unspecified atom stereocenters. The van der Waals surface area contributed by atoms with Crippen LogP contribution in [0.25, 0.3) is 17.0 Å². The van der Waals surface area contributed by atoms with Crippen LogP contribution in [-0.4, -0.2) is 16.9 Å². The van der Waals surface area contributed by atoms with Gasteiger partial charge in [0.1, 0.15) is 17.0 Å². The van der Waals surface area contributed by atoms with Crippen molar-refractivity contribution in [3.05, 3.63) is 140 Å². The van der Waals surface area contributed by atoms with Gasteiger partial charge in [-0.1, -0.05) is 53.5 Å². The number of carbonyl (C=O) groups is 2. The van der Waals surface area contributed by atoms with Gasteiger partial charge in [0.05, 0.1) is 0 Å². The number of phenols is 1. The first-order chi connectivity index (χ1) is 20.2. The van der Waals surface area contributed by atoms with E-state index < -0.39 is 17.4 Å². The smallest absolute Gasteiger partial charge is 0.340 e. The van der Waals surface area contributed by atoms with Crippen LogP contribution in [0.3, 0.4) is 0 Å². The van der Waals surface area contributed by atoms with Crippen molar-refractivity contribution in [2.45, 2.75) is 10.6 Å². The number of benzene rings is 4. The van der Waals surface area contributed by atoms with Crippen LogP contribution in [0.1, 0.15) is 21.5 Å². The summed E-state index contributed by atoms with van der Waals surface area (Å²) in [7, 11) is 0. The van der Waals surface area contributed by atoms with Gasteiger partial charge in [-0.05, 0) is 72.3 Å². The lowest BCUT2D eigenvalue weighted by atomic mass is 10.1. The Hall–Kier alpha value is -4.50. The minimum Gasteiger partial charge on any atom is -0.508 e. The number of halogens is 2. The molecule has 0 saturated carbocycles. The Kier molecular flexibility index (Phi) is 8.97. The Morgan fingerprint density at radius 2 is 1.71 bits per heavy atom. The van der Waals surface area contributed by atoms with Crippen LogP contribution in [0.2, 0.25) is 10.0 Å². The third-order valence-corrected chi connectivity index (χ3v) is 7.67. The van der Waals surface area contributed by atoms with Crippen molar-refractivity contribution in [1.29, 1.82) is 0 Å². The number of hydrogen-bond acceptors (Lipinski definition) is 6. The maximum absolute atomic E-state index is 13.4. The molecule has 1 heterocycles. The van der Waals surface area contributed by atoms with Gasteiger partial charge in [-0.2, -0.15) is 0 Å². The first kappa shape index (κ1) is 29.0. The topological polar surface area (TPSA) is 109 Å². The summed E-state index contributed by atoms with van der Waals surface area (Å²) in [5.41, 5.74) is 1.61. The van der Waals surface area contributed by atoms with Crippen LogP contribution >= 0.6 is 35.0 Å². The largest absolute Gasteiger partial charge is 0.508 e. The minimum atomic E-state index is -0.564. The molecule has 0 aliphatic heterocycles. The molecule has 210 valence electrons. The van der Waals surface area contributed by atoms with Crippen LogP contribution in [0.15, 0.2) is 117 Å². The van der Waals surface area contributed by atoms with Crippen LogP contribution in [0.4, 0.5) is 5.69 Å². The number of thioether (sulfide) groups is 1. The fourth-order valence-electron chi connectivity index (χ4n) is 3.98. The number of nitrogens with one attached hydrogen (secondary N) is 2. The van der Waals surface area contributed by atoms with E-state index in [4.69, 9.17) is 27.6 Å². The number of hydrogen-bond donors (Lipinski definition) is 3. The number of phenolic OH excluding ortho intramolecular Hbond substituents is 1. The Labute approximate surface area is 254 Å². The highest BCUT2D eigenvalue weighted by atomic mass is 35.5. The van der Waals surface area contributed by atoms with Gasteiger partial charge < -0.3 is 20.2 Å². The summed E-state index contributed by atoms with van der Waals surface area (Å²) in [5, 5.41) is 16.6. The molecule has 0 fully saturated rings. The van der Waals surface area contributed by atoms with E-state index in [0.717, 1.165) is 4.90 Å². The number of rotatable bonds is 8. The number of carbonyl (C=O) groups excluding carboxylic acids is 2. The predicted octanol–water partition coefficient (Wildman–Crippen LogP) is 7.51. The number of fused-ring (bicyclic) bond motifs is 1. The highest BCUT2D eigenvalue weighted by Gasteiger charge is 2.16. The van der Waals surface area contributed by atoms with Gasteiger partial charge >= 0.3 is 5.63 Å². The summed E-state index contributed by atoms with van der Waals surface area (Å²) in [5.74, 6) is -0.689. The molecule has 1 aromatic heterocycles. The van der Waals surface area contributed by atoms with Crippen LogP contribution in [0, 0.1) is 0 Å². The van der Waals surface area contributed by atoms with E-state index in [9.17, 15) is 19.5 Å². The molecule has 0 aliphatic carbocycles. The van der Waals surface area contributed by atoms with Crippen molar-refractivity contribution in [1.82, 2.24) is 5.32 Å². The molecule has 10 heteroatoms. The zero-order valence-corrected chi connectivity index (χ0v) is 24.1. The first-order valence-corrected chi connectivity index (χ1v) is 14.3. The minimum absolute atomic E-state index is 0.0144. The average Bonchev–Trinajstić information content (AvgIpc) is 2.97. The van der Waals surface area contributed by atoms with E-state index in [1.165, 1.54) is 30.0 Å². The lowest BCUT2D eigenvalue weighted by Crippen LogP contribution is -2.30. The van der Waals surface area contributed by atoms with Crippen LogP contribution < -0.4 is 16.3 Å². The normalized spacial score (nSPS) is 11.3. The van der Waals surface area contributed by atoms with E-state index in [1.807, 2.05) is 6.07 Å². The molecule has 0 atom stereocenters. The van der Waals surface area contributed by atoms with Crippen LogP contribution in [0.5, 0.6) is 5.75 Å². The predicted molar refractivity (Wildman–Crippen MR) is 167 cm³/mol. The van der Waals surface area contributed by atoms with Crippen molar-refractivity contribution in [2.75, 3.05) is 5.32 Å². The Morgan fingerprint density at radius 1 is 0.905 bits per heavy atom. The lowest BCUT2D eigenvalue weighted by molar-refractivity contribution is -0.113. The monoisotopic (exact) mass is 616 g/mol. The fraction of sp³-hybridized carbons (Fsp3) is 0.0312. The van der Waals surface area contributed by atoms with E-state index in [1.54, 1.807) is 78.9 Å². The van der Waals surface area contributed by atoms with Crippen molar-refractivity contribution in [3.63, 3.8) is 0 Å². The summed E-state index contributed by atoms with van der Waals surface area (Å²) in [6.07, 6.45) is 1.48. The Morgan fingerprint density at radius 3 is 2.50 bits per heavy atom. The fourth-order valence-corrected chi connectivity index (χ4v) is 5.35. The zero-order chi connectivity index (χ0) is 29.6. The molecular formula is C32H22Cl2N2O5S. The molecule has 0 radical (unpaired) electrons. The van der Waals surface area contributed by atoms with E-state index >= 15 is 0 Å². The molecule has 42 heavy (non-hydrogen) atoms. The lowest BCUT2D eigenvalue weighted by Gasteiger charge is -2.13. The molecule has 7 nitrogen and oxygen atoms in total. The molecule has 0 saturated heterocycles. The second kappa shape index (κ2) is 13.0. The van der Waals surface area contributed by atoms with Crippen molar-refractivity contribution in [3.8, 4) is 5.75 Å². The summed E-state index contributed by atoms with van der Waals surface area (Å²) >= 11 is 13.7. The van der Waals surface area contributed by atoms with Gasteiger partial charge in [-0.3, -0.25) is 9.59 Å². The molecule has 5 aromatic rings. The van der Waals surface area contributed by atoms with Gasteiger partial charge in [0.25, 0.3) is 11.8 Å². The van der Waals surface area contributed by atoms with Gasteiger partial charge in [-0.15, -0.1) is 11.8 Å². The maximum Gasteiger partial charge on any atom is 0.340 e. The SMILES string of the molecule is O=C(Nc1cccc(SCc2cc3ccc(O)cc3oc2=O)c1)/C(=C\c1ccc(Cl)cc1Cl)NC(=O)c1ccccc1. The molecule has 4 aromatic carbocycles. The van der Waals surface area contributed by atoms with Gasteiger partial charge in [0.2, 0.25) is 0 Å². The molecule has 2 amide bonds. The summed E-state index contributed by atoms with van der Waals surface area (Å²) < 4.78 is 5.35. The standard InChI is InChI=1S/C32H22Cl2N2O5S/c33-23-11-9-20(27(34)15-23)14-28(36-30(38)19-5-2-1-3-6-19)31(39)35-24-7-4-8-26(16-24)42-18-22-13-21-10-12-25(37)17-29(21)41-32(22)40/h1-17,37H,18H2,(H,35,39)(H,36,38)/b28-14+. The Balaban J connectivity index is 1.35. The van der Waals surface area contributed by atoms with E-state index in [-0.39, 0.29) is 11.4 Å². The number of aromatic hydroxyl groups is 1. The second-order valence-electron chi connectivity index (χ2n) is 9.10. The zero-order valence-electron chi connectivity index (χ0n) is 21.8. The summed E-state index contributed by atoms with van der Waals surface area (Å²) in [4.78, 5) is 39.6. The second-order valence-corrected chi connectivity index (χ2v) is 11.0. The van der Waals surface area contributed by atoms with Gasteiger partial charge in [0.15, 0.2) is 0 Å². The number of anilines is 1. The van der Waals surface area contributed by atoms with Crippen LogP contribution in [-0.2, 0) is 10.5 Å². The third-order valence-electron chi connectivity index (χ3n) is 6.07. The van der Waals surface area contributed by atoms with Crippen molar-refractivity contribution < 1.29 is 19.1 Å². The highest BCUT2D eigenvalue weighted by Crippen LogP contribution is 2.27. The third kappa shape index (κ3) is 7.22. The van der Waals surface area contributed by atoms with E-state index in [0.29, 0.717) is 49.1 Å². The van der Waals surface area contributed by atoms with E-state index in [2.05, 4.69) is 10.6 Å². The quantitative estimate of drug-likeness (QED) is 0.0945. The molecule has 5 rings (SSSR count). The van der Waals surface area contributed by atoms with Crippen molar-refractivity contribution >= 4 is 69.5 Å². The Bertz CT molecular complexity index is 1890. The molecule has 0 spiro atoms. The maximum atomic E-state index is 13.4. The summed E-state index contributed by atoms with van der Waals surface area (Å²) in [6.45, 7) is 0. The molecular weight excluding hydrogens is 595 g/mol. The van der Waals surface area contributed by atoms with Gasteiger partial charge in [-0.25, -0.2) is 4.79 Å². The highest BCUT2D eigenvalue weighted by molar-refractivity contribution is 7.98. The molecule has 3 N–H and O–H groups in total. The summed E-state index contributed by atoms with van der Waals surface area (Å²) in [6, 6.07) is 26.8. The molecule has 0 aliphatic rings. The van der Waals surface area contributed by atoms with Crippen molar-refractivity contribution in [2.24, 2.45) is 0 Å².